The predicted molar refractivity (Wildman–Crippen MR) is 71.6 cm³/mol. The van der Waals surface area contributed by atoms with Crippen molar-refractivity contribution in [1.29, 1.82) is 0 Å². The second kappa shape index (κ2) is 7.48. The Morgan fingerprint density at radius 1 is 0.882 bits per heavy atom. The Morgan fingerprint density at radius 2 is 1.47 bits per heavy atom. The highest BCUT2D eigenvalue weighted by molar-refractivity contribution is 7.39. The topological polar surface area (TPSA) is 26.3 Å². The SMILES string of the molecule is O=[P+](CCC1CCCCC1)OC1CCCCC1. The van der Waals surface area contributed by atoms with Gasteiger partial charge in [-0.25, -0.2) is 0 Å². The van der Waals surface area contributed by atoms with Crippen LogP contribution in [-0.2, 0) is 9.09 Å². The average molecular weight is 257 g/mol. The maximum Gasteiger partial charge on any atom is 0.508 e. The van der Waals surface area contributed by atoms with Crippen molar-refractivity contribution in [3.05, 3.63) is 0 Å². The van der Waals surface area contributed by atoms with Crippen molar-refractivity contribution in [2.45, 2.75) is 76.7 Å². The first-order chi connectivity index (χ1) is 8.34. The van der Waals surface area contributed by atoms with Gasteiger partial charge >= 0.3 is 8.03 Å². The maximum atomic E-state index is 11.9. The molecule has 2 nitrogen and oxygen atoms in total. The number of hydrogen-bond acceptors (Lipinski definition) is 2. The molecule has 2 rings (SSSR count). The van der Waals surface area contributed by atoms with E-state index >= 15 is 0 Å². The van der Waals surface area contributed by atoms with E-state index in [9.17, 15) is 4.57 Å². The van der Waals surface area contributed by atoms with Gasteiger partial charge < -0.3 is 0 Å². The fourth-order valence-corrected chi connectivity index (χ4v) is 4.38. The summed E-state index contributed by atoms with van der Waals surface area (Å²) in [6.45, 7) is 0. The summed E-state index contributed by atoms with van der Waals surface area (Å²) in [6, 6.07) is 0. The van der Waals surface area contributed by atoms with Gasteiger partial charge in [0.25, 0.3) is 0 Å². The van der Waals surface area contributed by atoms with E-state index in [1.807, 2.05) is 0 Å². The van der Waals surface area contributed by atoms with Gasteiger partial charge in [0, 0.05) is 0 Å². The zero-order chi connectivity index (χ0) is 11.9. The molecule has 0 amide bonds. The molecule has 3 heteroatoms. The molecule has 0 saturated heterocycles. The van der Waals surface area contributed by atoms with E-state index < -0.39 is 8.03 Å². The summed E-state index contributed by atoms with van der Waals surface area (Å²) in [4.78, 5) is 0. The molecule has 1 atom stereocenters. The lowest BCUT2D eigenvalue weighted by Gasteiger charge is -2.19. The van der Waals surface area contributed by atoms with Crippen LogP contribution in [0.2, 0.25) is 0 Å². The third-order valence-electron chi connectivity index (χ3n) is 4.26. The molecule has 98 valence electrons. The summed E-state index contributed by atoms with van der Waals surface area (Å²) in [5.41, 5.74) is 0. The van der Waals surface area contributed by atoms with E-state index in [1.165, 1.54) is 51.4 Å². The molecule has 17 heavy (non-hydrogen) atoms. The molecule has 0 aromatic heterocycles. The molecule has 0 aromatic rings. The average Bonchev–Trinajstić information content (AvgIpc) is 2.39. The first-order valence-electron chi connectivity index (χ1n) is 7.46. The van der Waals surface area contributed by atoms with Crippen molar-refractivity contribution in [3.63, 3.8) is 0 Å². The normalized spacial score (nSPS) is 24.8. The Hall–Kier alpha value is 0.0600. The van der Waals surface area contributed by atoms with Gasteiger partial charge in [-0.15, -0.1) is 4.52 Å². The van der Waals surface area contributed by atoms with Gasteiger partial charge in [0.05, 0.1) is 0 Å². The van der Waals surface area contributed by atoms with Gasteiger partial charge in [0.15, 0.2) is 6.16 Å². The largest absolute Gasteiger partial charge is 0.508 e. The highest BCUT2D eigenvalue weighted by Crippen LogP contribution is 2.35. The van der Waals surface area contributed by atoms with E-state index in [4.69, 9.17) is 4.52 Å². The van der Waals surface area contributed by atoms with Crippen molar-refractivity contribution < 1.29 is 9.09 Å². The summed E-state index contributed by atoms with van der Waals surface area (Å²) in [7, 11) is -1.38. The first-order valence-corrected chi connectivity index (χ1v) is 8.82. The van der Waals surface area contributed by atoms with E-state index in [2.05, 4.69) is 0 Å². The molecule has 0 N–H and O–H groups in total. The summed E-state index contributed by atoms with van der Waals surface area (Å²) in [5, 5.41) is 0. The molecule has 2 saturated carbocycles. The summed E-state index contributed by atoms with van der Waals surface area (Å²) in [5.74, 6) is 0.831. The Kier molecular flexibility index (Phi) is 5.94. The number of rotatable bonds is 5. The highest BCUT2D eigenvalue weighted by Gasteiger charge is 2.27. The Labute approximate surface area is 106 Å². The van der Waals surface area contributed by atoms with Crippen LogP contribution in [0.25, 0.3) is 0 Å². The molecule has 0 aromatic carbocycles. The molecular formula is C14H26O2P+. The minimum absolute atomic E-state index is 0.304. The standard InChI is InChI=1S/C14H26O2P/c15-17(16-14-9-5-2-6-10-14)12-11-13-7-3-1-4-8-13/h13-14H,1-12H2/q+1. The molecule has 0 heterocycles. The van der Waals surface area contributed by atoms with Crippen LogP contribution < -0.4 is 0 Å². The highest BCUT2D eigenvalue weighted by atomic mass is 31.1. The van der Waals surface area contributed by atoms with Gasteiger partial charge in [-0.1, -0.05) is 51.4 Å². The summed E-state index contributed by atoms with van der Waals surface area (Å²) < 4.78 is 17.6. The Bertz CT molecular complexity index is 230. The summed E-state index contributed by atoms with van der Waals surface area (Å²) >= 11 is 0. The van der Waals surface area contributed by atoms with Crippen LogP contribution in [0, 0.1) is 5.92 Å². The fraction of sp³-hybridized carbons (Fsp3) is 1.00. The van der Waals surface area contributed by atoms with Crippen LogP contribution in [0.4, 0.5) is 0 Å². The lowest BCUT2D eigenvalue weighted by atomic mass is 9.88. The van der Waals surface area contributed by atoms with E-state index in [0.717, 1.165) is 31.3 Å². The first kappa shape index (κ1) is 13.5. The molecule has 2 aliphatic carbocycles. The lowest BCUT2D eigenvalue weighted by molar-refractivity contribution is 0.165. The Morgan fingerprint density at radius 3 is 2.12 bits per heavy atom. The van der Waals surface area contributed by atoms with Crippen molar-refractivity contribution in [2.75, 3.05) is 6.16 Å². The molecule has 0 aliphatic heterocycles. The molecule has 2 fully saturated rings. The van der Waals surface area contributed by atoms with Crippen LogP contribution >= 0.6 is 8.03 Å². The van der Waals surface area contributed by atoms with E-state index in [0.29, 0.717) is 6.10 Å². The van der Waals surface area contributed by atoms with Gasteiger partial charge in [-0.05, 0) is 29.7 Å². The van der Waals surface area contributed by atoms with Crippen LogP contribution in [0.1, 0.15) is 70.6 Å². The van der Waals surface area contributed by atoms with Crippen LogP contribution in [0.15, 0.2) is 0 Å². The van der Waals surface area contributed by atoms with E-state index in [-0.39, 0.29) is 0 Å². The van der Waals surface area contributed by atoms with Crippen LogP contribution in [0.5, 0.6) is 0 Å². The second-order valence-corrected chi connectivity index (χ2v) is 7.04. The van der Waals surface area contributed by atoms with Crippen molar-refractivity contribution in [1.82, 2.24) is 0 Å². The second-order valence-electron chi connectivity index (χ2n) is 5.71. The molecular weight excluding hydrogens is 231 g/mol. The maximum absolute atomic E-state index is 11.9. The minimum Gasteiger partial charge on any atom is -0.143 e. The molecule has 0 radical (unpaired) electrons. The molecule has 0 spiro atoms. The smallest absolute Gasteiger partial charge is 0.143 e. The van der Waals surface area contributed by atoms with E-state index in [1.54, 1.807) is 0 Å². The van der Waals surface area contributed by atoms with Gasteiger partial charge in [0.1, 0.15) is 6.10 Å². The van der Waals surface area contributed by atoms with Crippen LogP contribution in [-0.4, -0.2) is 12.3 Å². The zero-order valence-corrected chi connectivity index (χ0v) is 11.8. The van der Waals surface area contributed by atoms with Crippen molar-refractivity contribution in [3.8, 4) is 0 Å². The third kappa shape index (κ3) is 5.06. The van der Waals surface area contributed by atoms with Crippen molar-refractivity contribution in [2.24, 2.45) is 5.92 Å². The Balaban J connectivity index is 1.59. The molecule has 0 bridgehead atoms. The quantitative estimate of drug-likeness (QED) is 0.644. The minimum atomic E-state index is -1.38. The van der Waals surface area contributed by atoms with Gasteiger partial charge in [-0.2, -0.15) is 0 Å². The summed E-state index contributed by atoms with van der Waals surface area (Å²) in [6.07, 6.45) is 15.2. The predicted octanol–water partition coefficient (Wildman–Crippen LogP) is 5.05. The third-order valence-corrected chi connectivity index (χ3v) is 5.42. The zero-order valence-electron chi connectivity index (χ0n) is 10.9. The number of hydrogen-bond donors (Lipinski definition) is 0. The van der Waals surface area contributed by atoms with Crippen LogP contribution in [0.3, 0.4) is 0 Å². The van der Waals surface area contributed by atoms with Crippen molar-refractivity contribution >= 4 is 8.03 Å². The van der Waals surface area contributed by atoms with Gasteiger partial charge in [-0.3, -0.25) is 0 Å². The molecule has 1 unspecified atom stereocenters. The van der Waals surface area contributed by atoms with Gasteiger partial charge in [0.2, 0.25) is 0 Å². The molecule has 2 aliphatic rings. The fourth-order valence-electron chi connectivity index (χ4n) is 3.15. The monoisotopic (exact) mass is 257 g/mol. The lowest BCUT2D eigenvalue weighted by Crippen LogP contribution is -2.14.